The van der Waals surface area contributed by atoms with Crippen LogP contribution in [0.25, 0.3) is 10.8 Å². The van der Waals surface area contributed by atoms with Crippen molar-refractivity contribution < 1.29 is 4.79 Å². The number of hydrogen-bond donors (Lipinski definition) is 0. The second kappa shape index (κ2) is 4.31. The van der Waals surface area contributed by atoms with Crippen LogP contribution in [-0.4, -0.2) is 5.78 Å². The molecule has 3 aromatic carbocycles. The molecule has 0 radical (unpaired) electrons. The minimum absolute atomic E-state index is 0.0292. The van der Waals surface area contributed by atoms with Crippen LogP contribution in [0.5, 0.6) is 0 Å². The number of Topliss-reactive ketones (excluding diaryl/α,β-unsaturated/α-hetero) is 1. The van der Waals surface area contributed by atoms with E-state index in [1.54, 1.807) is 0 Å². The van der Waals surface area contributed by atoms with Crippen molar-refractivity contribution in [2.45, 2.75) is 12.3 Å². The minimum Gasteiger partial charge on any atom is -0.293 e. The number of ketones is 1. The molecular formula is C19H14O. The van der Waals surface area contributed by atoms with Crippen molar-refractivity contribution in [2.24, 2.45) is 0 Å². The van der Waals surface area contributed by atoms with Gasteiger partial charge in [0.25, 0.3) is 0 Å². The van der Waals surface area contributed by atoms with E-state index in [-0.39, 0.29) is 11.7 Å². The van der Waals surface area contributed by atoms with Gasteiger partial charge in [0.2, 0.25) is 0 Å². The number of carbonyl (C=O) groups excluding carboxylic acids is 1. The lowest BCUT2D eigenvalue weighted by molar-refractivity contribution is 0.0961. The fourth-order valence-electron chi connectivity index (χ4n) is 3.28. The van der Waals surface area contributed by atoms with Gasteiger partial charge in [0, 0.05) is 5.56 Å². The molecule has 1 nitrogen and oxygen atoms in total. The summed E-state index contributed by atoms with van der Waals surface area (Å²) < 4.78 is 0. The minimum atomic E-state index is -0.0292. The van der Waals surface area contributed by atoms with Crippen LogP contribution in [0.1, 0.15) is 27.4 Å². The summed E-state index contributed by atoms with van der Waals surface area (Å²) >= 11 is 0. The van der Waals surface area contributed by atoms with Gasteiger partial charge in [0.05, 0.1) is 5.92 Å². The highest BCUT2D eigenvalue weighted by molar-refractivity contribution is 6.06. The van der Waals surface area contributed by atoms with Crippen LogP contribution in [0.3, 0.4) is 0 Å². The summed E-state index contributed by atoms with van der Waals surface area (Å²) in [4.78, 5) is 12.8. The quantitative estimate of drug-likeness (QED) is 0.624. The highest BCUT2D eigenvalue weighted by atomic mass is 16.1. The van der Waals surface area contributed by atoms with Crippen molar-refractivity contribution in [1.82, 2.24) is 0 Å². The molecular weight excluding hydrogens is 244 g/mol. The van der Waals surface area contributed by atoms with E-state index in [1.165, 1.54) is 21.9 Å². The Hall–Kier alpha value is -2.41. The molecule has 4 rings (SSSR count). The predicted molar refractivity (Wildman–Crippen MR) is 81.2 cm³/mol. The summed E-state index contributed by atoms with van der Waals surface area (Å²) in [6, 6.07) is 22.2. The van der Waals surface area contributed by atoms with E-state index in [0.717, 1.165) is 12.0 Å². The first-order chi connectivity index (χ1) is 9.84. The maximum Gasteiger partial charge on any atom is 0.170 e. The van der Waals surface area contributed by atoms with Gasteiger partial charge < -0.3 is 0 Å². The molecule has 1 aliphatic carbocycles. The van der Waals surface area contributed by atoms with Gasteiger partial charge in [-0.15, -0.1) is 0 Å². The van der Waals surface area contributed by atoms with E-state index in [0.29, 0.717) is 0 Å². The Morgan fingerprint density at radius 2 is 1.60 bits per heavy atom. The molecule has 0 bridgehead atoms. The number of benzene rings is 3. The molecule has 3 aromatic rings. The van der Waals surface area contributed by atoms with Crippen LogP contribution in [-0.2, 0) is 6.42 Å². The molecule has 1 unspecified atom stereocenters. The molecule has 0 heterocycles. The lowest BCUT2D eigenvalue weighted by Gasteiger charge is -2.10. The molecule has 0 aromatic heterocycles. The van der Waals surface area contributed by atoms with Crippen LogP contribution < -0.4 is 0 Å². The Balaban J connectivity index is 1.85. The van der Waals surface area contributed by atoms with Gasteiger partial charge in [-0.1, -0.05) is 66.7 Å². The second-order valence-electron chi connectivity index (χ2n) is 5.35. The van der Waals surface area contributed by atoms with Crippen molar-refractivity contribution in [3.8, 4) is 0 Å². The average molecular weight is 258 g/mol. The first-order valence-corrected chi connectivity index (χ1v) is 6.94. The first kappa shape index (κ1) is 11.4. The fraction of sp³-hybridized carbons (Fsp3) is 0.105. The highest BCUT2D eigenvalue weighted by Crippen LogP contribution is 2.39. The summed E-state index contributed by atoms with van der Waals surface area (Å²) in [5, 5.41) is 2.52. The molecule has 20 heavy (non-hydrogen) atoms. The average Bonchev–Trinajstić information content (AvgIpc) is 2.89. The summed E-state index contributed by atoms with van der Waals surface area (Å²) in [6.45, 7) is 0. The number of rotatable bonds is 2. The van der Waals surface area contributed by atoms with Crippen molar-refractivity contribution in [3.05, 3.63) is 83.4 Å². The molecule has 0 saturated carbocycles. The van der Waals surface area contributed by atoms with E-state index in [1.807, 2.05) is 30.3 Å². The summed E-state index contributed by atoms with van der Waals surface area (Å²) in [5.74, 6) is 0.202. The van der Waals surface area contributed by atoms with E-state index in [4.69, 9.17) is 0 Å². The lowest BCUT2D eigenvalue weighted by atomic mass is 9.91. The normalized spacial score (nSPS) is 16.5. The van der Waals surface area contributed by atoms with Gasteiger partial charge in [-0.3, -0.25) is 4.79 Å². The van der Waals surface area contributed by atoms with Crippen molar-refractivity contribution in [2.75, 3.05) is 0 Å². The number of hydrogen-bond acceptors (Lipinski definition) is 1. The van der Waals surface area contributed by atoms with E-state index in [9.17, 15) is 4.79 Å². The Kier molecular flexibility index (Phi) is 2.46. The maximum absolute atomic E-state index is 12.8. The Labute approximate surface area is 117 Å². The van der Waals surface area contributed by atoms with Gasteiger partial charge in [-0.25, -0.2) is 0 Å². The van der Waals surface area contributed by atoms with Gasteiger partial charge in [-0.2, -0.15) is 0 Å². The van der Waals surface area contributed by atoms with E-state index in [2.05, 4.69) is 36.4 Å². The summed E-state index contributed by atoms with van der Waals surface area (Å²) in [7, 11) is 0. The van der Waals surface area contributed by atoms with Crippen LogP contribution in [0.2, 0.25) is 0 Å². The van der Waals surface area contributed by atoms with Crippen LogP contribution in [0, 0.1) is 0 Å². The van der Waals surface area contributed by atoms with Crippen molar-refractivity contribution in [1.29, 1.82) is 0 Å². The molecule has 0 N–H and O–H groups in total. The zero-order valence-electron chi connectivity index (χ0n) is 11.0. The van der Waals surface area contributed by atoms with E-state index < -0.39 is 0 Å². The third-order valence-electron chi connectivity index (χ3n) is 4.20. The maximum atomic E-state index is 12.8. The highest BCUT2D eigenvalue weighted by Gasteiger charge is 2.30. The fourth-order valence-corrected chi connectivity index (χ4v) is 3.28. The first-order valence-electron chi connectivity index (χ1n) is 6.94. The van der Waals surface area contributed by atoms with Crippen molar-refractivity contribution in [3.63, 3.8) is 0 Å². The molecule has 0 aliphatic heterocycles. The third-order valence-corrected chi connectivity index (χ3v) is 4.20. The zero-order chi connectivity index (χ0) is 13.5. The molecule has 96 valence electrons. The van der Waals surface area contributed by atoms with E-state index >= 15 is 0 Å². The molecule has 0 saturated heterocycles. The van der Waals surface area contributed by atoms with Crippen LogP contribution in [0.15, 0.2) is 66.7 Å². The number of carbonyl (C=O) groups is 1. The topological polar surface area (TPSA) is 17.1 Å². The van der Waals surface area contributed by atoms with Crippen LogP contribution in [0.4, 0.5) is 0 Å². The molecule has 0 fully saturated rings. The monoisotopic (exact) mass is 258 g/mol. The van der Waals surface area contributed by atoms with Crippen molar-refractivity contribution >= 4 is 16.6 Å². The van der Waals surface area contributed by atoms with Gasteiger partial charge >= 0.3 is 0 Å². The zero-order valence-corrected chi connectivity index (χ0v) is 11.0. The van der Waals surface area contributed by atoms with Crippen LogP contribution >= 0.6 is 0 Å². The SMILES string of the molecule is O=C(c1ccccc1)C1Cc2cccc3cccc1c23. The summed E-state index contributed by atoms with van der Waals surface area (Å²) in [6.07, 6.45) is 0.824. The standard InChI is InChI=1S/C19H14O/c20-19(14-6-2-1-3-7-14)17-12-15-10-4-8-13-9-5-11-16(17)18(13)15/h1-11,17H,12H2. The molecule has 1 atom stereocenters. The lowest BCUT2D eigenvalue weighted by Crippen LogP contribution is -2.11. The Morgan fingerprint density at radius 3 is 2.40 bits per heavy atom. The largest absolute Gasteiger partial charge is 0.293 e. The second-order valence-corrected chi connectivity index (χ2v) is 5.35. The molecule has 1 aliphatic rings. The predicted octanol–water partition coefficient (Wildman–Crippen LogP) is 4.36. The molecule has 1 heteroatoms. The van der Waals surface area contributed by atoms with Gasteiger partial charge in [-0.05, 0) is 28.3 Å². The van der Waals surface area contributed by atoms with Gasteiger partial charge in [0.1, 0.15) is 0 Å². The molecule has 0 spiro atoms. The molecule has 0 amide bonds. The smallest absolute Gasteiger partial charge is 0.170 e. The van der Waals surface area contributed by atoms with Gasteiger partial charge in [0.15, 0.2) is 5.78 Å². The third kappa shape index (κ3) is 1.60. The Morgan fingerprint density at radius 1 is 0.850 bits per heavy atom. The summed E-state index contributed by atoms with van der Waals surface area (Å²) in [5.41, 5.74) is 3.29. The Bertz CT molecular complexity index is 797.